The fraction of sp³-hybridized carbons (Fsp3) is 0.455. The van der Waals surface area contributed by atoms with Crippen molar-refractivity contribution in [2.45, 2.75) is 19.4 Å². The Kier molecular flexibility index (Phi) is 3.08. The Morgan fingerprint density at radius 2 is 2.21 bits per heavy atom. The van der Waals surface area contributed by atoms with E-state index in [-0.39, 0.29) is 0 Å². The molecule has 0 aromatic heterocycles. The van der Waals surface area contributed by atoms with Crippen molar-refractivity contribution >= 4 is 15.9 Å². The summed E-state index contributed by atoms with van der Waals surface area (Å²) in [6.45, 7) is 1.37. The largest absolute Gasteiger partial charge is 0.493 e. The average molecular weight is 256 g/mol. The van der Waals surface area contributed by atoms with E-state index in [1.807, 2.05) is 18.2 Å². The first-order valence-corrected chi connectivity index (χ1v) is 5.70. The van der Waals surface area contributed by atoms with E-state index in [0.717, 1.165) is 28.3 Å². The molecule has 0 heterocycles. The van der Waals surface area contributed by atoms with E-state index in [1.165, 1.54) is 12.8 Å². The van der Waals surface area contributed by atoms with Gasteiger partial charge in [0.15, 0.2) is 0 Å². The molecule has 0 radical (unpaired) electrons. The maximum Gasteiger partial charge on any atom is 0.124 e. The molecule has 1 aromatic rings. The van der Waals surface area contributed by atoms with Gasteiger partial charge < -0.3 is 10.5 Å². The van der Waals surface area contributed by atoms with E-state index in [0.29, 0.717) is 6.54 Å². The zero-order valence-corrected chi connectivity index (χ0v) is 9.59. The zero-order valence-electron chi connectivity index (χ0n) is 8.00. The summed E-state index contributed by atoms with van der Waals surface area (Å²) in [4.78, 5) is 0. The molecule has 0 bridgehead atoms. The summed E-state index contributed by atoms with van der Waals surface area (Å²) in [5.74, 6) is 1.70. The third-order valence-electron chi connectivity index (χ3n) is 2.42. The van der Waals surface area contributed by atoms with E-state index in [9.17, 15) is 0 Å². The highest BCUT2D eigenvalue weighted by Crippen LogP contribution is 2.31. The lowest BCUT2D eigenvalue weighted by atomic mass is 10.2. The smallest absolute Gasteiger partial charge is 0.124 e. The van der Waals surface area contributed by atoms with Crippen molar-refractivity contribution in [2.24, 2.45) is 11.7 Å². The first kappa shape index (κ1) is 9.99. The van der Waals surface area contributed by atoms with Crippen LogP contribution in [-0.4, -0.2) is 6.61 Å². The summed E-state index contributed by atoms with van der Waals surface area (Å²) in [5.41, 5.74) is 6.71. The SMILES string of the molecule is NCc1ccc(Br)cc1OCC1CC1. The Morgan fingerprint density at radius 3 is 2.86 bits per heavy atom. The van der Waals surface area contributed by atoms with Crippen LogP contribution in [0.4, 0.5) is 0 Å². The fourth-order valence-electron chi connectivity index (χ4n) is 1.32. The van der Waals surface area contributed by atoms with Gasteiger partial charge in [-0.2, -0.15) is 0 Å². The van der Waals surface area contributed by atoms with E-state index in [1.54, 1.807) is 0 Å². The Morgan fingerprint density at radius 1 is 1.43 bits per heavy atom. The van der Waals surface area contributed by atoms with Gasteiger partial charge in [-0.05, 0) is 30.9 Å². The lowest BCUT2D eigenvalue weighted by Gasteiger charge is -2.10. The molecule has 1 saturated carbocycles. The average Bonchev–Trinajstić information content (AvgIpc) is 2.98. The van der Waals surface area contributed by atoms with E-state index < -0.39 is 0 Å². The van der Waals surface area contributed by atoms with Gasteiger partial charge in [-0.3, -0.25) is 0 Å². The van der Waals surface area contributed by atoms with Gasteiger partial charge >= 0.3 is 0 Å². The van der Waals surface area contributed by atoms with Crippen LogP contribution < -0.4 is 10.5 Å². The van der Waals surface area contributed by atoms with Crippen molar-refractivity contribution in [1.29, 1.82) is 0 Å². The van der Waals surface area contributed by atoms with Crippen molar-refractivity contribution in [3.63, 3.8) is 0 Å². The molecule has 1 aliphatic rings. The molecule has 1 fully saturated rings. The number of nitrogens with two attached hydrogens (primary N) is 1. The number of hydrogen-bond donors (Lipinski definition) is 1. The fourth-order valence-corrected chi connectivity index (χ4v) is 1.66. The Balaban J connectivity index is 2.07. The highest BCUT2D eigenvalue weighted by Gasteiger charge is 2.22. The number of ether oxygens (including phenoxy) is 1. The molecule has 2 N–H and O–H groups in total. The Labute approximate surface area is 92.6 Å². The molecule has 1 aromatic carbocycles. The third-order valence-corrected chi connectivity index (χ3v) is 2.91. The van der Waals surface area contributed by atoms with Gasteiger partial charge in [0.25, 0.3) is 0 Å². The van der Waals surface area contributed by atoms with Crippen molar-refractivity contribution < 1.29 is 4.74 Å². The highest BCUT2D eigenvalue weighted by atomic mass is 79.9. The van der Waals surface area contributed by atoms with Crippen LogP contribution >= 0.6 is 15.9 Å². The van der Waals surface area contributed by atoms with E-state index in [4.69, 9.17) is 10.5 Å². The van der Waals surface area contributed by atoms with Crippen LogP contribution in [0.25, 0.3) is 0 Å². The van der Waals surface area contributed by atoms with Crippen LogP contribution in [0.2, 0.25) is 0 Å². The zero-order chi connectivity index (χ0) is 9.97. The predicted octanol–water partition coefficient (Wildman–Crippen LogP) is 2.70. The maximum atomic E-state index is 5.72. The second-order valence-electron chi connectivity index (χ2n) is 3.71. The minimum atomic E-state index is 0.535. The van der Waals surface area contributed by atoms with Crippen LogP contribution in [0.1, 0.15) is 18.4 Å². The molecule has 0 saturated heterocycles. The second-order valence-corrected chi connectivity index (χ2v) is 4.63. The summed E-state index contributed by atoms with van der Waals surface area (Å²) in [5, 5.41) is 0. The number of halogens is 1. The van der Waals surface area contributed by atoms with Crippen molar-refractivity contribution in [3.8, 4) is 5.75 Å². The first-order valence-electron chi connectivity index (χ1n) is 4.91. The lowest BCUT2D eigenvalue weighted by molar-refractivity contribution is 0.296. The van der Waals surface area contributed by atoms with Gasteiger partial charge in [0, 0.05) is 16.6 Å². The van der Waals surface area contributed by atoms with Crippen LogP contribution in [0, 0.1) is 5.92 Å². The Hall–Kier alpha value is -0.540. The third kappa shape index (κ3) is 2.49. The van der Waals surface area contributed by atoms with Gasteiger partial charge in [-0.15, -0.1) is 0 Å². The van der Waals surface area contributed by atoms with Crippen LogP contribution in [-0.2, 0) is 6.54 Å². The minimum absolute atomic E-state index is 0.535. The highest BCUT2D eigenvalue weighted by molar-refractivity contribution is 9.10. The molecule has 0 amide bonds. The molecule has 0 unspecified atom stereocenters. The molecule has 14 heavy (non-hydrogen) atoms. The molecule has 2 nitrogen and oxygen atoms in total. The summed E-state index contributed by atoms with van der Waals surface area (Å²) in [7, 11) is 0. The van der Waals surface area contributed by atoms with Crippen LogP contribution in [0.15, 0.2) is 22.7 Å². The molecule has 3 heteroatoms. The van der Waals surface area contributed by atoms with Gasteiger partial charge in [-0.1, -0.05) is 22.0 Å². The van der Waals surface area contributed by atoms with Crippen molar-refractivity contribution in [3.05, 3.63) is 28.2 Å². The lowest BCUT2D eigenvalue weighted by Crippen LogP contribution is -2.04. The predicted molar refractivity (Wildman–Crippen MR) is 60.3 cm³/mol. The van der Waals surface area contributed by atoms with Gasteiger partial charge in [0.1, 0.15) is 5.75 Å². The molecule has 0 spiro atoms. The van der Waals surface area contributed by atoms with Gasteiger partial charge in [0.2, 0.25) is 0 Å². The van der Waals surface area contributed by atoms with E-state index in [2.05, 4.69) is 15.9 Å². The molecule has 0 aliphatic heterocycles. The minimum Gasteiger partial charge on any atom is -0.493 e. The summed E-state index contributed by atoms with van der Waals surface area (Å²) < 4.78 is 6.76. The normalized spacial score (nSPS) is 15.6. The molecule has 76 valence electrons. The summed E-state index contributed by atoms with van der Waals surface area (Å²) in [6, 6.07) is 5.99. The number of rotatable bonds is 4. The summed E-state index contributed by atoms with van der Waals surface area (Å²) >= 11 is 3.43. The van der Waals surface area contributed by atoms with Gasteiger partial charge in [0.05, 0.1) is 6.61 Å². The standard InChI is InChI=1S/C11H14BrNO/c12-10-4-3-9(6-13)11(5-10)14-7-8-1-2-8/h3-5,8H,1-2,6-7,13H2. The molecular weight excluding hydrogens is 242 g/mol. The quantitative estimate of drug-likeness (QED) is 0.898. The number of hydrogen-bond acceptors (Lipinski definition) is 2. The van der Waals surface area contributed by atoms with Crippen molar-refractivity contribution in [1.82, 2.24) is 0 Å². The number of benzene rings is 1. The molecular formula is C11H14BrNO. The first-order chi connectivity index (χ1) is 6.79. The summed E-state index contributed by atoms with van der Waals surface area (Å²) in [6.07, 6.45) is 2.62. The van der Waals surface area contributed by atoms with Gasteiger partial charge in [-0.25, -0.2) is 0 Å². The topological polar surface area (TPSA) is 35.2 Å². The molecule has 2 rings (SSSR count). The van der Waals surface area contributed by atoms with Crippen LogP contribution in [0.3, 0.4) is 0 Å². The van der Waals surface area contributed by atoms with Crippen molar-refractivity contribution in [2.75, 3.05) is 6.61 Å². The Bertz CT molecular complexity index is 323. The molecule has 0 atom stereocenters. The maximum absolute atomic E-state index is 5.72. The van der Waals surface area contributed by atoms with E-state index >= 15 is 0 Å². The monoisotopic (exact) mass is 255 g/mol. The second kappa shape index (κ2) is 4.32. The van der Waals surface area contributed by atoms with Crippen LogP contribution in [0.5, 0.6) is 5.75 Å². The molecule has 1 aliphatic carbocycles.